The Balaban J connectivity index is 2.25. The van der Waals surface area contributed by atoms with Crippen LogP contribution in [0.4, 0.5) is 0 Å². The van der Waals surface area contributed by atoms with Gasteiger partial charge < -0.3 is 15.4 Å². The number of carbonyl (C=O) groups is 1. The molecule has 1 atom stereocenters. The molecule has 0 spiro atoms. The van der Waals surface area contributed by atoms with E-state index in [1.54, 1.807) is 0 Å². The third kappa shape index (κ3) is 4.58. The number of nitrogens with one attached hydrogen (secondary N) is 2. The molecular formula is C14H28N2O2. The highest BCUT2D eigenvalue weighted by atomic mass is 16.5. The molecule has 1 rings (SSSR count). The molecule has 0 bridgehead atoms. The molecule has 1 fully saturated rings. The summed E-state index contributed by atoms with van der Waals surface area (Å²) in [5.41, 5.74) is -0.125. The van der Waals surface area contributed by atoms with Crippen LogP contribution in [0.3, 0.4) is 0 Å². The highest BCUT2D eigenvalue weighted by Crippen LogP contribution is 2.23. The fourth-order valence-electron chi connectivity index (χ4n) is 2.03. The Kier molecular flexibility index (Phi) is 5.60. The Hall–Kier alpha value is -0.610. The van der Waals surface area contributed by atoms with Crippen LogP contribution in [0.5, 0.6) is 0 Å². The second-order valence-corrected chi connectivity index (χ2v) is 5.86. The molecule has 0 radical (unpaired) electrons. The number of carbonyl (C=O) groups excluding carboxylic acids is 1. The van der Waals surface area contributed by atoms with Gasteiger partial charge in [-0.25, -0.2) is 0 Å². The number of rotatable bonds is 7. The smallest absolute Gasteiger partial charge is 0.237 e. The average Bonchev–Trinajstić information content (AvgIpc) is 2.25. The van der Waals surface area contributed by atoms with E-state index in [0.29, 0.717) is 12.1 Å². The van der Waals surface area contributed by atoms with E-state index in [9.17, 15) is 4.79 Å². The Morgan fingerprint density at radius 3 is 2.50 bits per heavy atom. The van der Waals surface area contributed by atoms with Crippen molar-refractivity contribution in [3.05, 3.63) is 0 Å². The van der Waals surface area contributed by atoms with Crippen molar-refractivity contribution in [3.8, 4) is 0 Å². The third-order valence-electron chi connectivity index (χ3n) is 3.72. The van der Waals surface area contributed by atoms with Crippen molar-refractivity contribution in [1.29, 1.82) is 0 Å². The first-order valence-electron chi connectivity index (χ1n) is 7.07. The summed E-state index contributed by atoms with van der Waals surface area (Å²) < 4.78 is 5.51. The minimum absolute atomic E-state index is 0.0849. The number of ether oxygens (including phenoxy) is 1. The van der Waals surface area contributed by atoms with Gasteiger partial charge in [0.2, 0.25) is 5.91 Å². The van der Waals surface area contributed by atoms with Crippen LogP contribution in [0.25, 0.3) is 0 Å². The standard InChI is InChI=1S/C14H28N2O2/c1-6-14(4,5)16-13(17)10(3)15-11-8-12(9-11)18-7-2/h10-12,15H,6-9H2,1-5H3,(H,16,17). The van der Waals surface area contributed by atoms with Gasteiger partial charge in [0.1, 0.15) is 0 Å². The highest BCUT2D eigenvalue weighted by molar-refractivity contribution is 5.82. The normalized spacial score (nSPS) is 25.4. The van der Waals surface area contributed by atoms with Crippen LogP contribution in [0, 0.1) is 0 Å². The average molecular weight is 256 g/mol. The molecule has 1 unspecified atom stereocenters. The zero-order chi connectivity index (χ0) is 13.8. The van der Waals surface area contributed by atoms with Gasteiger partial charge in [-0.15, -0.1) is 0 Å². The fourth-order valence-corrected chi connectivity index (χ4v) is 2.03. The van der Waals surface area contributed by atoms with E-state index < -0.39 is 0 Å². The zero-order valence-corrected chi connectivity index (χ0v) is 12.4. The summed E-state index contributed by atoms with van der Waals surface area (Å²) >= 11 is 0. The predicted molar refractivity (Wildman–Crippen MR) is 73.5 cm³/mol. The maximum atomic E-state index is 12.0. The van der Waals surface area contributed by atoms with Gasteiger partial charge in [-0.1, -0.05) is 6.92 Å². The molecule has 0 saturated heterocycles. The molecule has 18 heavy (non-hydrogen) atoms. The lowest BCUT2D eigenvalue weighted by atomic mass is 9.88. The van der Waals surface area contributed by atoms with Crippen LogP contribution < -0.4 is 10.6 Å². The molecule has 1 amide bonds. The van der Waals surface area contributed by atoms with Crippen LogP contribution in [-0.4, -0.2) is 36.2 Å². The first kappa shape index (κ1) is 15.4. The molecular weight excluding hydrogens is 228 g/mol. The van der Waals surface area contributed by atoms with Gasteiger partial charge in [0.05, 0.1) is 12.1 Å². The molecule has 1 aliphatic rings. The second-order valence-electron chi connectivity index (χ2n) is 5.86. The third-order valence-corrected chi connectivity index (χ3v) is 3.72. The van der Waals surface area contributed by atoms with Crippen molar-refractivity contribution >= 4 is 5.91 Å². The van der Waals surface area contributed by atoms with E-state index in [-0.39, 0.29) is 17.5 Å². The number of hydrogen-bond donors (Lipinski definition) is 2. The lowest BCUT2D eigenvalue weighted by molar-refractivity contribution is -0.125. The van der Waals surface area contributed by atoms with E-state index in [1.165, 1.54) is 0 Å². The number of amides is 1. The first-order chi connectivity index (χ1) is 8.38. The van der Waals surface area contributed by atoms with E-state index in [0.717, 1.165) is 25.9 Å². The summed E-state index contributed by atoms with van der Waals surface area (Å²) in [6.07, 6.45) is 3.35. The summed E-state index contributed by atoms with van der Waals surface area (Å²) in [6, 6.07) is 0.287. The van der Waals surface area contributed by atoms with Crippen molar-refractivity contribution in [1.82, 2.24) is 10.6 Å². The minimum Gasteiger partial charge on any atom is -0.378 e. The maximum absolute atomic E-state index is 12.0. The zero-order valence-electron chi connectivity index (χ0n) is 12.4. The summed E-state index contributed by atoms with van der Waals surface area (Å²) in [5.74, 6) is 0.0849. The minimum atomic E-state index is -0.136. The van der Waals surface area contributed by atoms with Gasteiger partial charge in [-0.2, -0.15) is 0 Å². The van der Waals surface area contributed by atoms with Crippen LogP contribution in [0.2, 0.25) is 0 Å². The van der Waals surface area contributed by atoms with Gasteiger partial charge in [0.25, 0.3) is 0 Å². The molecule has 4 heteroatoms. The second kappa shape index (κ2) is 6.53. The largest absolute Gasteiger partial charge is 0.378 e. The molecule has 0 aromatic rings. The molecule has 0 aromatic heterocycles. The first-order valence-corrected chi connectivity index (χ1v) is 7.07. The van der Waals surface area contributed by atoms with Gasteiger partial charge in [-0.05, 0) is 47.0 Å². The van der Waals surface area contributed by atoms with Gasteiger partial charge in [0.15, 0.2) is 0 Å². The quantitative estimate of drug-likeness (QED) is 0.731. The molecule has 106 valence electrons. The summed E-state index contributed by atoms with van der Waals surface area (Å²) in [5, 5.41) is 6.42. The predicted octanol–water partition coefficient (Wildman–Crippen LogP) is 1.84. The highest BCUT2D eigenvalue weighted by Gasteiger charge is 2.32. The lowest BCUT2D eigenvalue weighted by Crippen LogP contribution is -2.56. The topological polar surface area (TPSA) is 50.4 Å². The Bertz CT molecular complexity index is 273. The van der Waals surface area contributed by atoms with Crippen LogP contribution in [-0.2, 0) is 9.53 Å². The van der Waals surface area contributed by atoms with Crippen LogP contribution in [0.15, 0.2) is 0 Å². The Morgan fingerprint density at radius 1 is 1.39 bits per heavy atom. The summed E-state index contributed by atoms with van der Waals surface area (Å²) in [6.45, 7) is 10.9. The SMILES string of the molecule is CCOC1CC(NC(C)C(=O)NC(C)(C)CC)C1. The molecule has 0 heterocycles. The van der Waals surface area contributed by atoms with E-state index in [1.807, 2.05) is 27.7 Å². The van der Waals surface area contributed by atoms with E-state index in [4.69, 9.17) is 4.74 Å². The van der Waals surface area contributed by atoms with Crippen LogP contribution >= 0.6 is 0 Å². The van der Waals surface area contributed by atoms with Crippen molar-refractivity contribution in [2.45, 2.75) is 77.6 Å². The molecule has 0 aromatic carbocycles. The van der Waals surface area contributed by atoms with Gasteiger partial charge in [0, 0.05) is 18.2 Å². The Morgan fingerprint density at radius 2 is 2.00 bits per heavy atom. The van der Waals surface area contributed by atoms with Crippen molar-refractivity contribution < 1.29 is 9.53 Å². The molecule has 2 N–H and O–H groups in total. The summed E-state index contributed by atoms with van der Waals surface area (Å²) in [4.78, 5) is 12.0. The lowest BCUT2D eigenvalue weighted by Gasteiger charge is -2.37. The molecule has 0 aliphatic heterocycles. The van der Waals surface area contributed by atoms with Crippen molar-refractivity contribution in [2.75, 3.05) is 6.61 Å². The molecule has 1 saturated carbocycles. The van der Waals surface area contributed by atoms with Gasteiger partial charge >= 0.3 is 0 Å². The van der Waals surface area contributed by atoms with Crippen molar-refractivity contribution in [2.24, 2.45) is 0 Å². The summed E-state index contributed by atoms with van der Waals surface area (Å²) in [7, 11) is 0. The molecule has 4 nitrogen and oxygen atoms in total. The molecule has 1 aliphatic carbocycles. The van der Waals surface area contributed by atoms with Crippen molar-refractivity contribution in [3.63, 3.8) is 0 Å². The van der Waals surface area contributed by atoms with E-state index >= 15 is 0 Å². The fraction of sp³-hybridized carbons (Fsp3) is 0.929. The Labute approximate surface area is 111 Å². The van der Waals surface area contributed by atoms with Crippen LogP contribution in [0.1, 0.15) is 53.9 Å². The van der Waals surface area contributed by atoms with Gasteiger partial charge in [-0.3, -0.25) is 4.79 Å². The monoisotopic (exact) mass is 256 g/mol. The number of hydrogen-bond acceptors (Lipinski definition) is 3. The maximum Gasteiger partial charge on any atom is 0.237 e. The van der Waals surface area contributed by atoms with E-state index in [2.05, 4.69) is 17.6 Å².